The Kier molecular flexibility index (Phi) is 19.6. The predicted molar refractivity (Wildman–Crippen MR) is 139 cm³/mol. The summed E-state index contributed by atoms with van der Waals surface area (Å²) in [5.41, 5.74) is 1.56. The van der Waals surface area contributed by atoms with Crippen molar-refractivity contribution in [3.8, 4) is 0 Å². The van der Waals surface area contributed by atoms with E-state index >= 15 is 0 Å². The summed E-state index contributed by atoms with van der Waals surface area (Å²) in [6, 6.07) is 11.2. The zero-order chi connectivity index (χ0) is 22.4. The number of aliphatic hydroxyl groups excluding tert-OH is 1. The first-order valence-electron chi connectivity index (χ1n) is 13.1. The van der Waals surface area contributed by atoms with Crippen LogP contribution < -0.4 is 0 Å². The highest BCUT2D eigenvalue weighted by molar-refractivity contribution is 7.99. The zero-order valence-electron chi connectivity index (χ0n) is 20.5. The van der Waals surface area contributed by atoms with Crippen LogP contribution in [0.4, 0.5) is 0 Å². The molecule has 0 aliphatic heterocycles. The maximum atomic E-state index is 9.12. The molecule has 0 radical (unpaired) electrons. The molecule has 2 unspecified atom stereocenters. The number of aliphatic hydroxyl groups is 1. The Bertz CT molecular complexity index is 475. The van der Waals surface area contributed by atoms with Crippen molar-refractivity contribution in [2.45, 2.75) is 115 Å². The van der Waals surface area contributed by atoms with Gasteiger partial charge in [0.05, 0.1) is 12.7 Å². The molecule has 0 aliphatic rings. The Morgan fingerprint density at radius 1 is 0.774 bits per heavy atom. The molecule has 0 bridgehead atoms. The summed E-state index contributed by atoms with van der Waals surface area (Å²) >= 11 is 1.91. The van der Waals surface area contributed by atoms with Crippen molar-refractivity contribution in [3.05, 3.63) is 35.9 Å². The number of thioether (sulfide) groups is 1. The van der Waals surface area contributed by atoms with E-state index in [4.69, 9.17) is 9.84 Å². The average molecular weight is 451 g/mol. The lowest BCUT2D eigenvalue weighted by Gasteiger charge is -2.17. The monoisotopic (exact) mass is 450 g/mol. The average Bonchev–Trinajstić information content (AvgIpc) is 2.81. The minimum absolute atomic E-state index is 0.00335. The molecule has 0 heterocycles. The van der Waals surface area contributed by atoms with Crippen LogP contribution in [0.2, 0.25) is 0 Å². The summed E-state index contributed by atoms with van der Waals surface area (Å²) in [5, 5.41) is 9.12. The number of unbranched alkanes of at least 4 members (excludes halogenated alkanes) is 11. The minimum atomic E-state index is 0.00335. The van der Waals surface area contributed by atoms with Gasteiger partial charge in [0, 0.05) is 12.9 Å². The first-order chi connectivity index (χ1) is 15.3. The molecule has 180 valence electrons. The van der Waals surface area contributed by atoms with Crippen LogP contribution in [0.1, 0.15) is 115 Å². The molecule has 0 saturated carbocycles. The number of methoxy groups -OCH3 is 1. The summed E-state index contributed by atoms with van der Waals surface area (Å²) in [4.78, 5) is 0. The van der Waals surface area contributed by atoms with Crippen molar-refractivity contribution >= 4 is 11.8 Å². The Morgan fingerprint density at radius 2 is 1.32 bits per heavy atom. The fourth-order valence-electron chi connectivity index (χ4n) is 4.26. The normalized spacial score (nSPS) is 13.4. The smallest absolute Gasteiger partial charge is 0.0892 e. The SMILES string of the molecule is CCCCCCCCCC(CCCCCCCCSCC(CO)OC)c1ccccc1. The first-order valence-corrected chi connectivity index (χ1v) is 14.2. The summed E-state index contributed by atoms with van der Waals surface area (Å²) in [6.07, 6.45) is 20.7. The fraction of sp³-hybridized carbons (Fsp3) is 0.786. The molecule has 2 nitrogen and oxygen atoms in total. The quantitative estimate of drug-likeness (QED) is 0.180. The van der Waals surface area contributed by atoms with Crippen molar-refractivity contribution in [1.82, 2.24) is 0 Å². The largest absolute Gasteiger partial charge is 0.394 e. The molecule has 0 aliphatic carbocycles. The second kappa shape index (κ2) is 21.3. The van der Waals surface area contributed by atoms with Crippen LogP contribution in [-0.2, 0) is 4.74 Å². The zero-order valence-corrected chi connectivity index (χ0v) is 21.3. The number of rotatable bonds is 22. The molecule has 0 saturated heterocycles. The van der Waals surface area contributed by atoms with Crippen molar-refractivity contribution in [3.63, 3.8) is 0 Å². The van der Waals surface area contributed by atoms with Gasteiger partial charge in [-0.1, -0.05) is 114 Å². The van der Waals surface area contributed by atoms with Crippen LogP contribution in [-0.4, -0.2) is 36.4 Å². The van der Waals surface area contributed by atoms with Gasteiger partial charge >= 0.3 is 0 Å². The second-order valence-electron chi connectivity index (χ2n) is 9.04. The molecule has 2 atom stereocenters. The number of hydrogen-bond acceptors (Lipinski definition) is 3. The Balaban J connectivity index is 2.10. The van der Waals surface area contributed by atoms with Crippen LogP contribution in [0, 0.1) is 0 Å². The summed E-state index contributed by atoms with van der Waals surface area (Å²) in [5.74, 6) is 2.86. The van der Waals surface area contributed by atoms with Crippen molar-refractivity contribution < 1.29 is 9.84 Å². The number of hydrogen-bond donors (Lipinski definition) is 1. The van der Waals surface area contributed by atoms with Crippen molar-refractivity contribution in [1.29, 1.82) is 0 Å². The van der Waals surface area contributed by atoms with Gasteiger partial charge in [-0.15, -0.1) is 0 Å². The van der Waals surface area contributed by atoms with Gasteiger partial charge in [0.25, 0.3) is 0 Å². The lowest BCUT2D eigenvalue weighted by atomic mass is 9.88. The molecule has 0 spiro atoms. The predicted octanol–water partition coefficient (Wildman–Crippen LogP) is 8.38. The number of ether oxygens (including phenoxy) is 1. The van der Waals surface area contributed by atoms with Crippen LogP contribution >= 0.6 is 11.8 Å². The van der Waals surface area contributed by atoms with E-state index in [9.17, 15) is 0 Å². The highest BCUT2D eigenvalue weighted by Gasteiger charge is 2.11. The molecular weight excluding hydrogens is 400 g/mol. The maximum Gasteiger partial charge on any atom is 0.0892 e. The van der Waals surface area contributed by atoms with Gasteiger partial charge in [-0.05, 0) is 36.5 Å². The van der Waals surface area contributed by atoms with E-state index in [-0.39, 0.29) is 12.7 Å². The molecule has 1 aromatic carbocycles. The van der Waals surface area contributed by atoms with Gasteiger partial charge in [0.1, 0.15) is 0 Å². The van der Waals surface area contributed by atoms with Crippen molar-refractivity contribution in [2.24, 2.45) is 0 Å². The molecule has 1 rings (SSSR count). The molecule has 0 aromatic heterocycles. The van der Waals surface area contributed by atoms with Gasteiger partial charge in [-0.3, -0.25) is 0 Å². The lowest BCUT2D eigenvalue weighted by Crippen LogP contribution is -2.18. The third kappa shape index (κ3) is 15.9. The fourth-order valence-corrected chi connectivity index (χ4v) is 5.34. The van der Waals surface area contributed by atoms with Crippen LogP contribution in [0.15, 0.2) is 30.3 Å². The Hall–Kier alpha value is -0.510. The minimum Gasteiger partial charge on any atom is -0.394 e. The number of benzene rings is 1. The summed E-state index contributed by atoms with van der Waals surface area (Å²) in [6.45, 7) is 2.42. The molecule has 31 heavy (non-hydrogen) atoms. The van der Waals surface area contributed by atoms with Gasteiger partial charge in [-0.25, -0.2) is 0 Å². The highest BCUT2D eigenvalue weighted by atomic mass is 32.2. The summed E-state index contributed by atoms with van der Waals surface area (Å²) in [7, 11) is 1.68. The highest BCUT2D eigenvalue weighted by Crippen LogP contribution is 2.28. The van der Waals surface area contributed by atoms with E-state index in [1.807, 2.05) is 11.8 Å². The van der Waals surface area contributed by atoms with E-state index < -0.39 is 0 Å². The molecule has 0 amide bonds. The maximum absolute atomic E-state index is 9.12. The van der Waals surface area contributed by atoms with E-state index in [2.05, 4.69) is 37.3 Å². The van der Waals surface area contributed by atoms with Crippen LogP contribution in [0.5, 0.6) is 0 Å². The van der Waals surface area contributed by atoms with Gasteiger partial charge in [-0.2, -0.15) is 11.8 Å². The first kappa shape index (κ1) is 28.5. The Morgan fingerprint density at radius 3 is 1.87 bits per heavy atom. The Labute approximate surface area is 197 Å². The molecular formula is C28H50O2S. The van der Waals surface area contributed by atoms with E-state index in [1.165, 1.54) is 102 Å². The van der Waals surface area contributed by atoms with E-state index in [0.717, 1.165) is 11.7 Å². The topological polar surface area (TPSA) is 29.5 Å². The van der Waals surface area contributed by atoms with Gasteiger partial charge in [0.15, 0.2) is 0 Å². The standard InChI is InChI=1S/C28H50O2S/c1-3-4-5-6-7-10-14-19-26(27-21-16-13-17-22-27)20-15-11-8-9-12-18-23-31-25-28(24-29)30-2/h13,16-17,21-22,26,28-29H,3-12,14-15,18-20,23-25H2,1-2H3. The molecule has 1 N–H and O–H groups in total. The third-order valence-electron chi connectivity index (χ3n) is 6.36. The third-order valence-corrected chi connectivity index (χ3v) is 7.54. The summed E-state index contributed by atoms with van der Waals surface area (Å²) < 4.78 is 5.20. The van der Waals surface area contributed by atoms with E-state index in [0.29, 0.717) is 0 Å². The second-order valence-corrected chi connectivity index (χ2v) is 10.2. The van der Waals surface area contributed by atoms with Crippen LogP contribution in [0.3, 0.4) is 0 Å². The van der Waals surface area contributed by atoms with Gasteiger partial charge < -0.3 is 9.84 Å². The van der Waals surface area contributed by atoms with Crippen molar-refractivity contribution in [2.75, 3.05) is 25.2 Å². The van der Waals surface area contributed by atoms with Gasteiger partial charge in [0.2, 0.25) is 0 Å². The molecule has 3 heteroatoms. The molecule has 0 fully saturated rings. The van der Waals surface area contributed by atoms with E-state index in [1.54, 1.807) is 12.7 Å². The van der Waals surface area contributed by atoms with Crippen LogP contribution in [0.25, 0.3) is 0 Å². The lowest BCUT2D eigenvalue weighted by molar-refractivity contribution is 0.0656. The molecule has 1 aromatic rings.